The molecule has 2 N–H and O–H groups in total. The summed E-state index contributed by atoms with van der Waals surface area (Å²) < 4.78 is 0. The van der Waals surface area contributed by atoms with Crippen LogP contribution in [0.5, 0.6) is 0 Å². The van der Waals surface area contributed by atoms with Gasteiger partial charge in [-0.15, -0.1) is 0 Å². The first-order valence-corrected chi connectivity index (χ1v) is 14.9. The van der Waals surface area contributed by atoms with Crippen LogP contribution in [-0.2, 0) is 0 Å². The number of H-pyrrole nitrogens is 2. The zero-order chi connectivity index (χ0) is 27.5. The lowest BCUT2D eigenvalue weighted by Gasteiger charge is -2.30. The summed E-state index contributed by atoms with van der Waals surface area (Å²) in [5, 5.41) is 10.9. The van der Waals surface area contributed by atoms with Crippen molar-refractivity contribution < 1.29 is 0 Å². The summed E-state index contributed by atoms with van der Waals surface area (Å²) in [4.78, 5) is 18.3. The van der Waals surface area contributed by atoms with E-state index in [2.05, 4.69) is 88.4 Å². The third-order valence-electron chi connectivity index (χ3n) is 9.44. The van der Waals surface area contributed by atoms with Crippen LogP contribution in [0.1, 0.15) is 75.2 Å². The quantitative estimate of drug-likeness (QED) is 0.342. The van der Waals surface area contributed by atoms with Gasteiger partial charge in [-0.1, -0.05) is 44.2 Å². The first-order chi connectivity index (χ1) is 19.6. The fourth-order valence-electron chi connectivity index (χ4n) is 6.97. The second kappa shape index (κ2) is 11.7. The summed E-state index contributed by atoms with van der Waals surface area (Å²) in [5.74, 6) is 2.35. The van der Waals surface area contributed by atoms with E-state index in [1.54, 1.807) is 6.33 Å². The van der Waals surface area contributed by atoms with Gasteiger partial charge in [-0.05, 0) is 85.1 Å². The molecule has 4 heterocycles. The third-order valence-corrected chi connectivity index (χ3v) is 9.44. The maximum absolute atomic E-state index is 9.87. The second-order valence-corrected chi connectivity index (χ2v) is 12.0. The van der Waals surface area contributed by atoms with E-state index in [0.717, 1.165) is 55.5 Å². The maximum atomic E-state index is 9.87. The number of nitriles is 1. The number of hydrogen-bond donors (Lipinski definition) is 2. The first kappa shape index (κ1) is 26.4. The van der Waals surface area contributed by atoms with Crippen molar-refractivity contribution in [3.8, 4) is 6.07 Å². The Hall–Kier alpha value is -3.85. The largest absolute Gasteiger partial charge is 0.371 e. The van der Waals surface area contributed by atoms with Gasteiger partial charge in [0, 0.05) is 54.6 Å². The van der Waals surface area contributed by atoms with E-state index in [1.165, 1.54) is 28.9 Å². The molecule has 1 fully saturated rings. The molecule has 0 saturated carbocycles. The minimum Gasteiger partial charge on any atom is -0.371 e. The van der Waals surface area contributed by atoms with E-state index in [9.17, 15) is 5.26 Å². The Morgan fingerprint density at radius 2 is 2.00 bits per heavy atom. The van der Waals surface area contributed by atoms with Crippen molar-refractivity contribution in [3.05, 3.63) is 83.9 Å². The average molecular weight is 533 g/mol. The molecular weight excluding hydrogens is 492 g/mol. The molecule has 2 aliphatic carbocycles. The monoisotopic (exact) mass is 532 g/mol. The molecule has 0 aromatic carbocycles. The minimum atomic E-state index is 0.384. The Bertz CT molecular complexity index is 1490. The van der Waals surface area contributed by atoms with Gasteiger partial charge in [0.05, 0.1) is 11.8 Å². The summed E-state index contributed by atoms with van der Waals surface area (Å²) in [7, 11) is 0. The number of allylic oxidation sites excluding steroid dienone is 6. The molecule has 0 amide bonds. The number of rotatable bonds is 6. The number of hydrogen-bond acceptors (Lipinski definition) is 4. The van der Waals surface area contributed by atoms with Crippen molar-refractivity contribution in [2.75, 3.05) is 13.1 Å². The molecule has 5 unspecified atom stereocenters. The van der Waals surface area contributed by atoms with Crippen LogP contribution in [0.25, 0.3) is 22.7 Å². The Morgan fingerprint density at radius 3 is 2.90 bits per heavy atom. The van der Waals surface area contributed by atoms with Crippen molar-refractivity contribution in [1.82, 2.24) is 24.8 Å². The molecule has 5 atom stereocenters. The summed E-state index contributed by atoms with van der Waals surface area (Å²) in [6.45, 7) is 6.78. The van der Waals surface area contributed by atoms with Gasteiger partial charge in [0.2, 0.25) is 0 Å². The molecule has 3 aromatic heterocycles. The number of nitrogens with zero attached hydrogens (tertiary/aromatic N) is 4. The zero-order valence-corrected chi connectivity index (χ0v) is 23.7. The number of fused-ring (bicyclic) bond motifs is 2. The zero-order valence-electron chi connectivity index (χ0n) is 23.7. The summed E-state index contributed by atoms with van der Waals surface area (Å²) >= 11 is 0. The Morgan fingerprint density at radius 1 is 1.10 bits per heavy atom. The number of aromatic nitrogens is 4. The molecule has 6 rings (SSSR count). The van der Waals surface area contributed by atoms with Gasteiger partial charge in [0.15, 0.2) is 0 Å². The highest BCUT2D eigenvalue weighted by Crippen LogP contribution is 2.39. The van der Waals surface area contributed by atoms with Gasteiger partial charge in [-0.3, -0.25) is 0 Å². The van der Waals surface area contributed by atoms with Gasteiger partial charge in [-0.2, -0.15) is 5.26 Å². The van der Waals surface area contributed by atoms with Crippen LogP contribution < -0.4 is 0 Å². The Kier molecular flexibility index (Phi) is 7.73. The lowest BCUT2D eigenvalue weighted by Crippen LogP contribution is -2.25. The van der Waals surface area contributed by atoms with Crippen LogP contribution in [0, 0.1) is 35.0 Å². The molecular formula is C34H40N6. The SMILES string of the molecule is CC1CC=C(N2CCC(C(CC#N)CC3C=C(c4ncnc5[nH]ccc45)C=CCCC3C)C2)C=Cc2cc[nH]c21. The summed E-state index contributed by atoms with van der Waals surface area (Å²) in [5.41, 5.74) is 7.01. The maximum Gasteiger partial charge on any atom is 0.141 e. The van der Waals surface area contributed by atoms with E-state index in [1.807, 2.05) is 12.4 Å². The highest BCUT2D eigenvalue weighted by molar-refractivity contribution is 5.90. The molecule has 3 aliphatic rings. The highest BCUT2D eigenvalue weighted by atomic mass is 15.2. The molecule has 0 radical (unpaired) electrons. The topological polar surface area (TPSA) is 84.4 Å². The van der Waals surface area contributed by atoms with Crippen molar-refractivity contribution in [2.45, 2.75) is 58.3 Å². The van der Waals surface area contributed by atoms with Crippen molar-refractivity contribution >= 4 is 22.7 Å². The van der Waals surface area contributed by atoms with Crippen LogP contribution in [0.4, 0.5) is 0 Å². The standard InChI is InChI=1S/C34H40N6/c1-23-5-3-4-6-27(33-31-13-17-37-34(31)39-22-38-33)20-29(23)19-26(11-15-35)28-14-18-40(21-28)30-9-7-24(2)32-25(8-10-30)12-16-36-32/h4,6,8-10,12-13,16-17,20,22-24,26,28-29,36H,3,5,7,11,14,18-19,21H2,1-2H3,(H,37,38,39). The first-order valence-electron chi connectivity index (χ1n) is 14.9. The van der Waals surface area contributed by atoms with Crippen LogP contribution in [0.3, 0.4) is 0 Å². The molecule has 1 saturated heterocycles. The fraction of sp³-hybridized carbons (Fsp3) is 0.441. The molecule has 206 valence electrons. The third kappa shape index (κ3) is 5.43. The van der Waals surface area contributed by atoms with Crippen LogP contribution in [0.2, 0.25) is 0 Å². The second-order valence-electron chi connectivity index (χ2n) is 12.0. The lowest BCUT2D eigenvalue weighted by molar-refractivity contribution is 0.251. The average Bonchev–Trinajstić information content (AvgIpc) is 3.72. The molecule has 0 bridgehead atoms. The molecule has 3 aromatic rings. The molecule has 0 spiro atoms. The predicted molar refractivity (Wildman–Crippen MR) is 162 cm³/mol. The van der Waals surface area contributed by atoms with Crippen molar-refractivity contribution in [3.63, 3.8) is 0 Å². The lowest BCUT2D eigenvalue weighted by atomic mass is 9.75. The van der Waals surface area contributed by atoms with E-state index in [-0.39, 0.29) is 0 Å². The van der Waals surface area contributed by atoms with Crippen LogP contribution >= 0.6 is 0 Å². The Labute approximate surface area is 237 Å². The molecule has 1 aliphatic heterocycles. The number of aromatic amines is 2. The fourth-order valence-corrected chi connectivity index (χ4v) is 6.97. The number of nitrogens with one attached hydrogen (secondary N) is 2. The minimum absolute atomic E-state index is 0.384. The van der Waals surface area contributed by atoms with Crippen molar-refractivity contribution in [1.29, 1.82) is 5.26 Å². The molecule has 6 nitrogen and oxygen atoms in total. The van der Waals surface area contributed by atoms with E-state index < -0.39 is 0 Å². The molecule has 6 heteroatoms. The summed E-state index contributed by atoms with van der Waals surface area (Å²) in [6, 6.07) is 6.80. The predicted octanol–water partition coefficient (Wildman–Crippen LogP) is 7.62. The van der Waals surface area contributed by atoms with E-state index in [4.69, 9.17) is 4.98 Å². The number of likely N-dealkylation sites (tertiary alicyclic amines) is 1. The van der Waals surface area contributed by atoms with Crippen LogP contribution in [0.15, 0.2) is 66.9 Å². The smallest absolute Gasteiger partial charge is 0.141 e. The highest BCUT2D eigenvalue weighted by Gasteiger charge is 2.33. The van der Waals surface area contributed by atoms with Gasteiger partial charge >= 0.3 is 0 Å². The normalized spacial score (nSPS) is 25.8. The van der Waals surface area contributed by atoms with Gasteiger partial charge in [-0.25, -0.2) is 9.97 Å². The van der Waals surface area contributed by atoms with E-state index >= 15 is 0 Å². The van der Waals surface area contributed by atoms with Gasteiger partial charge in [0.1, 0.15) is 12.0 Å². The van der Waals surface area contributed by atoms with Gasteiger partial charge in [0.25, 0.3) is 0 Å². The van der Waals surface area contributed by atoms with Crippen molar-refractivity contribution in [2.24, 2.45) is 23.7 Å². The van der Waals surface area contributed by atoms with E-state index in [0.29, 0.717) is 36.0 Å². The molecule has 40 heavy (non-hydrogen) atoms. The summed E-state index contributed by atoms with van der Waals surface area (Å²) in [6.07, 6.45) is 25.7. The van der Waals surface area contributed by atoms with Gasteiger partial charge < -0.3 is 14.9 Å². The Balaban J connectivity index is 1.22. The van der Waals surface area contributed by atoms with Crippen LogP contribution in [-0.4, -0.2) is 37.9 Å².